The Labute approximate surface area is 220 Å². The van der Waals surface area contributed by atoms with Crippen LogP contribution < -0.4 is 14.2 Å². The van der Waals surface area contributed by atoms with Crippen molar-refractivity contribution >= 4 is 41.1 Å². The lowest BCUT2D eigenvalue weighted by Crippen LogP contribution is -2.05. The Morgan fingerprint density at radius 2 is 1.78 bits per heavy atom. The number of unbranched alkanes of at least 4 members (excludes halogenated alkanes) is 1. The molecule has 3 aromatic carbocycles. The molecular formula is C28H25Cl2NO5. The van der Waals surface area contributed by atoms with Gasteiger partial charge in [0.1, 0.15) is 12.4 Å². The Morgan fingerprint density at radius 1 is 0.972 bits per heavy atom. The SMILES string of the molecule is CCCCOc1ccc(C2=N/C(=C\c3ccc(OCc4ccc(Cl)cc4Cl)c(OC)c3)C(=O)O2)cc1. The van der Waals surface area contributed by atoms with E-state index < -0.39 is 5.97 Å². The van der Waals surface area contributed by atoms with Gasteiger partial charge in [0.25, 0.3) is 0 Å². The van der Waals surface area contributed by atoms with E-state index in [-0.39, 0.29) is 18.2 Å². The number of esters is 1. The Hall–Kier alpha value is -3.48. The van der Waals surface area contributed by atoms with Crippen molar-refractivity contribution in [3.05, 3.63) is 93.1 Å². The predicted molar refractivity (Wildman–Crippen MR) is 141 cm³/mol. The molecule has 0 spiro atoms. The highest BCUT2D eigenvalue weighted by Crippen LogP contribution is 2.31. The molecule has 1 aliphatic heterocycles. The van der Waals surface area contributed by atoms with Gasteiger partial charge >= 0.3 is 5.97 Å². The van der Waals surface area contributed by atoms with Gasteiger partial charge in [-0.05, 0) is 66.6 Å². The van der Waals surface area contributed by atoms with Crippen molar-refractivity contribution in [2.45, 2.75) is 26.4 Å². The summed E-state index contributed by atoms with van der Waals surface area (Å²) in [5, 5.41) is 1.08. The van der Waals surface area contributed by atoms with Gasteiger partial charge in [0, 0.05) is 21.2 Å². The fourth-order valence-electron chi connectivity index (χ4n) is 3.41. The maximum Gasteiger partial charge on any atom is 0.363 e. The molecule has 0 aliphatic carbocycles. The van der Waals surface area contributed by atoms with Gasteiger partial charge in [-0.2, -0.15) is 0 Å². The molecule has 0 aromatic heterocycles. The van der Waals surface area contributed by atoms with Crippen LogP contribution in [0.25, 0.3) is 6.08 Å². The standard InChI is InChI=1S/C28H25Cl2NO5/c1-3-4-13-34-22-10-7-19(8-11-22)27-31-24(28(32)36-27)14-18-5-12-25(26(15-18)33-2)35-17-20-6-9-21(29)16-23(20)30/h5-12,14-16H,3-4,13,17H2,1-2H3/b24-14-. The number of methoxy groups -OCH3 is 1. The van der Waals surface area contributed by atoms with E-state index in [1.54, 1.807) is 43.5 Å². The molecular weight excluding hydrogens is 501 g/mol. The zero-order valence-electron chi connectivity index (χ0n) is 19.9. The number of nitrogens with zero attached hydrogens (tertiary/aromatic N) is 1. The number of benzene rings is 3. The van der Waals surface area contributed by atoms with Crippen molar-refractivity contribution in [1.82, 2.24) is 0 Å². The number of cyclic esters (lactones) is 1. The van der Waals surface area contributed by atoms with Gasteiger partial charge in [0.15, 0.2) is 17.2 Å². The molecule has 36 heavy (non-hydrogen) atoms. The molecule has 0 bridgehead atoms. The van der Waals surface area contributed by atoms with E-state index in [1.165, 1.54) is 0 Å². The van der Waals surface area contributed by atoms with Crippen LogP contribution in [0.3, 0.4) is 0 Å². The molecule has 0 N–H and O–H groups in total. The molecule has 186 valence electrons. The van der Waals surface area contributed by atoms with E-state index in [9.17, 15) is 4.79 Å². The number of hydrogen-bond acceptors (Lipinski definition) is 6. The smallest absolute Gasteiger partial charge is 0.363 e. The summed E-state index contributed by atoms with van der Waals surface area (Å²) in [6.07, 6.45) is 3.70. The largest absolute Gasteiger partial charge is 0.494 e. The highest BCUT2D eigenvalue weighted by atomic mass is 35.5. The Bertz CT molecular complexity index is 1300. The maximum atomic E-state index is 12.4. The van der Waals surface area contributed by atoms with Gasteiger partial charge in [-0.3, -0.25) is 0 Å². The van der Waals surface area contributed by atoms with Crippen molar-refractivity contribution in [1.29, 1.82) is 0 Å². The normalized spacial score (nSPS) is 13.9. The Balaban J connectivity index is 1.47. The zero-order chi connectivity index (χ0) is 25.5. The number of aliphatic imine (C=N–C) groups is 1. The lowest BCUT2D eigenvalue weighted by Gasteiger charge is -2.12. The first-order valence-electron chi connectivity index (χ1n) is 11.5. The number of halogens is 2. The average molecular weight is 526 g/mol. The van der Waals surface area contributed by atoms with Crippen molar-refractivity contribution in [2.24, 2.45) is 4.99 Å². The summed E-state index contributed by atoms with van der Waals surface area (Å²) in [5.41, 5.74) is 2.39. The molecule has 6 nitrogen and oxygen atoms in total. The van der Waals surface area contributed by atoms with Gasteiger partial charge in [0.05, 0.1) is 13.7 Å². The van der Waals surface area contributed by atoms with Crippen LogP contribution in [-0.4, -0.2) is 25.6 Å². The summed E-state index contributed by atoms with van der Waals surface area (Å²) in [5.74, 6) is 1.53. The van der Waals surface area contributed by atoms with Gasteiger partial charge < -0.3 is 18.9 Å². The zero-order valence-corrected chi connectivity index (χ0v) is 21.4. The molecule has 0 unspecified atom stereocenters. The lowest BCUT2D eigenvalue weighted by atomic mass is 10.1. The number of carbonyl (C=O) groups excluding carboxylic acids is 1. The number of ether oxygens (including phenoxy) is 4. The number of hydrogen-bond donors (Lipinski definition) is 0. The van der Waals surface area contributed by atoms with E-state index in [0.29, 0.717) is 39.3 Å². The van der Waals surface area contributed by atoms with Crippen LogP contribution >= 0.6 is 23.2 Å². The number of rotatable bonds is 10. The highest BCUT2D eigenvalue weighted by Gasteiger charge is 2.24. The van der Waals surface area contributed by atoms with Crippen molar-refractivity contribution in [2.75, 3.05) is 13.7 Å². The minimum Gasteiger partial charge on any atom is -0.494 e. The van der Waals surface area contributed by atoms with E-state index in [0.717, 1.165) is 24.2 Å². The molecule has 0 saturated heterocycles. The van der Waals surface area contributed by atoms with Crippen LogP contribution in [0.15, 0.2) is 71.4 Å². The molecule has 0 radical (unpaired) electrons. The molecule has 0 fully saturated rings. The molecule has 0 atom stereocenters. The second-order valence-electron chi connectivity index (χ2n) is 8.00. The van der Waals surface area contributed by atoms with Crippen molar-refractivity contribution in [3.63, 3.8) is 0 Å². The molecule has 0 amide bonds. The van der Waals surface area contributed by atoms with Crippen LogP contribution in [0.4, 0.5) is 0 Å². The van der Waals surface area contributed by atoms with Crippen LogP contribution in [-0.2, 0) is 16.1 Å². The first kappa shape index (κ1) is 25.6. The Morgan fingerprint density at radius 3 is 2.50 bits per heavy atom. The predicted octanol–water partition coefficient (Wildman–Crippen LogP) is 7.10. The van der Waals surface area contributed by atoms with E-state index in [1.807, 2.05) is 30.3 Å². The summed E-state index contributed by atoms with van der Waals surface area (Å²) in [6, 6.07) is 17.9. The summed E-state index contributed by atoms with van der Waals surface area (Å²) in [6.45, 7) is 3.03. The fourth-order valence-corrected chi connectivity index (χ4v) is 3.87. The average Bonchev–Trinajstić information content (AvgIpc) is 3.24. The summed E-state index contributed by atoms with van der Waals surface area (Å²) in [4.78, 5) is 16.8. The first-order valence-corrected chi connectivity index (χ1v) is 12.2. The third-order valence-electron chi connectivity index (χ3n) is 5.38. The molecule has 3 aromatic rings. The van der Waals surface area contributed by atoms with E-state index in [4.69, 9.17) is 42.1 Å². The second kappa shape index (κ2) is 12.0. The molecule has 0 saturated carbocycles. The first-order chi connectivity index (χ1) is 17.5. The maximum absolute atomic E-state index is 12.4. The van der Waals surface area contributed by atoms with E-state index >= 15 is 0 Å². The van der Waals surface area contributed by atoms with Gasteiger partial charge in [-0.1, -0.05) is 48.7 Å². The van der Waals surface area contributed by atoms with Crippen LogP contribution in [0.1, 0.15) is 36.5 Å². The van der Waals surface area contributed by atoms with Gasteiger partial charge in [-0.15, -0.1) is 0 Å². The molecule has 1 aliphatic rings. The minimum absolute atomic E-state index is 0.192. The lowest BCUT2D eigenvalue weighted by molar-refractivity contribution is -0.129. The van der Waals surface area contributed by atoms with E-state index in [2.05, 4.69) is 11.9 Å². The molecule has 8 heteroatoms. The fraction of sp³-hybridized carbons (Fsp3) is 0.214. The Kier molecular flexibility index (Phi) is 8.52. The molecule has 1 heterocycles. The third kappa shape index (κ3) is 6.39. The molecule has 4 rings (SSSR count). The quantitative estimate of drug-likeness (QED) is 0.160. The monoisotopic (exact) mass is 525 g/mol. The van der Waals surface area contributed by atoms with Crippen LogP contribution in [0, 0.1) is 0 Å². The third-order valence-corrected chi connectivity index (χ3v) is 5.96. The van der Waals surface area contributed by atoms with Crippen LogP contribution in [0.5, 0.6) is 17.2 Å². The summed E-state index contributed by atoms with van der Waals surface area (Å²) < 4.78 is 22.4. The van der Waals surface area contributed by atoms with Crippen LogP contribution in [0.2, 0.25) is 10.0 Å². The summed E-state index contributed by atoms with van der Waals surface area (Å²) in [7, 11) is 1.55. The van der Waals surface area contributed by atoms with Crippen molar-refractivity contribution < 1.29 is 23.7 Å². The topological polar surface area (TPSA) is 66.3 Å². The second-order valence-corrected chi connectivity index (χ2v) is 8.84. The minimum atomic E-state index is -0.523. The number of carbonyl (C=O) groups is 1. The highest BCUT2D eigenvalue weighted by molar-refractivity contribution is 6.35. The van der Waals surface area contributed by atoms with Gasteiger partial charge in [0.2, 0.25) is 5.90 Å². The van der Waals surface area contributed by atoms with Crippen molar-refractivity contribution in [3.8, 4) is 17.2 Å². The summed E-state index contributed by atoms with van der Waals surface area (Å²) >= 11 is 12.2. The van der Waals surface area contributed by atoms with Gasteiger partial charge in [-0.25, -0.2) is 9.79 Å².